The van der Waals surface area contributed by atoms with Crippen LogP contribution in [0.1, 0.15) is 11.1 Å². The van der Waals surface area contributed by atoms with Crippen molar-refractivity contribution in [3.05, 3.63) is 88.9 Å². The summed E-state index contributed by atoms with van der Waals surface area (Å²) >= 11 is 11.9. The lowest BCUT2D eigenvalue weighted by Gasteiger charge is -2.26. The van der Waals surface area contributed by atoms with Gasteiger partial charge in [-0.2, -0.15) is 0 Å². The molecular weight excluding hydrogens is 404 g/mol. The monoisotopic (exact) mass is 426 g/mol. The zero-order chi connectivity index (χ0) is 20.6. The third kappa shape index (κ3) is 6.11. The van der Waals surface area contributed by atoms with Gasteiger partial charge in [0.2, 0.25) is 0 Å². The number of rotatable bonds is 7. The molecule has 0 saturated heterocycles. The largest absolute Gasteiger partial charge is 0.497 e. The number of hydrogen-bond donors (Lipinski definition) is 1. The second-order valence-corrected chi connectivity index (χ2v) is 7.32. The third-order valence-corrected chi connectivity index (χ3v) is 5.02. The predicted octanol–water partition coefficient (Wildman–Crippen LogP) is 5.76. The van der Waals surface area contributed by atoms with Crippen molar-refractivity contribution in [3.63, 3.8) is 0 Å². The Morgan fingerprint density at radius 3 is 2.03 bits per heavy atom. The topological polar surface area (TPSA) is 33.7 Å². The first-order chi connectivity index (χ1) is 14.1. The molecule has 3 aromatic rings. The molecule has 29 heavy (non-hydrogen) atoms. The van der Waals surface area contributed by atoms with Crippen LogP contribution >= 0.6 is 23.8 Å². The van der Waals surface area contributed by atoms with E-state index in [0.29, 0.717) is 23.2 Å². The molecule has 0 aliphatic rings. The Kier molecular flexibility index (Phi) is 7.33. The number of anilines is 1. The summed E-state index contributed by atoms with van der Waals surface area (Å²) < 4.78 is 10.5. The number of halogens is 1. The molecule has 0 bridgehead atoms. The molecule has 6 heteroatoms. The van der Waals surface area contributed by atoms with E-state index in [2.05, 4.69) is 10.2 Å². The lowest BCUT2D eigenvalue weighted by Crippen LogP contribution is -2.33. The smallest absolute Gasteiger partial charge is 0.174 e. The Morgan fingerprint density at radius 1 is 0.862 bits per heavy atom. The van der Waals surface area contributed by atoms with Gasteiger partial charge in [0.25, 0.3) is 0 Å². The maximum Gasteiger partial charge on any atom is 0.174 e. The lowest BCUT2D eigenvalue weighted by molar-refractivity contribution is 0.407. The average Bonchev–Trinajstić information content (AvgIpc) is 2.74. The van der Waals surface area contributed by atoms with Gasteiger partial charge >= 0.3 is 0 Å². The Labute approximate surface area is 182 Å². The molecule has 0 saturated carbocycles. The summed E-state index contributed by atoms with van der Waals surface area (Å²) in [5.41, 5.74) is 3.12. The predicted molar refractivity (Wildman–Crippen MR) is 123 cm³/mol. The molecule has 0 unspecified atom stereocenters. The maximum atomic E-state index is 6.17. The molecule has 4 nitrogen and oxygen atoms in total. The standard InChI is InChI=1S/C23H23ClN2O2S/c1-27-21-10-6-17(7-11-21)15-26(16-18-4-3-5-19(24)14-18)23(29)25-20-8-12-22(28-2)13-9-20/h3-14H,15-16H2,1-2H3,(H,25,29). The summed E-state index contributed by atoms with van der Waals surface area (Å²) in [6.45, 7) is 1.28. The molecule has 0 heterocycles. The van der Waals surface area contributed by atoms with Gasteiger partial charge in [-0.1, -0.05) is 35.9 Å². The van der Waals surface area contributed by atoms with Gasteiger partial charge in [0.15, 0.2) is 5.11 Å². The molecule has 0 aromatic heterocycles. The second kappa shape index (κ2) is 10.1. The minimum absolute atomic E-state index is 0.631. The van der Waals surface area contributed by atoms with Crippen LogP contribution in [0.4, 0.5) is 5.69 Å². The van der Waals surface area contributed by atoms with E-state index < -0.39 is 0 Å². The van der Waals surface area contributed by atoms with Crippen molar-refractivity contribution in [1.82, 2.24) is 4.90 Å². The molecule has 0 aliphatic heterocycles. The summed E-state index contributed by atoms with van der Waals surface area (Å²) in [6.07, 6.45) is 0. The molecule has 150 valence electrons. The normalized spacial score (nSPS) is 10.3. The first kappa shape index (κ1) is 21.0. The van der Waals surface area contributed by atoms with Gasteiger partial charge in [-0.15, -0.1) is 0 Å². The van der Waals surface area contributed by atoms with Crippen LogP contribution < -0.4 is 14.8 Å². The van der Waals surface area contributed by atoms with Crippen molar-refractivity contribution >= 4 is 34.6 Å². The van der Waals surface area contributed by atoms with Gasteiger partial charge in [-0.05, 0) is 71.9 Å². The quantitative estimate of drug-likeness (QED) is 0.486. The van der Waals surface area contributed by atoms with Crippen LogP contribution in [0.3, 0.4) is 0 Å². The van der Waals surface area contributed by atoms with E-state index in [0.717, 1.165) is 28.3 Å². The zero-order valence-electron chi connectivity index (χ0n) is 16.4. The second-order valence-electron chi connectivity index (χ2n) is 6.49. The molecule has 0 amide bonds. The summed E-state index contributed by atoms with van der Waals surface area (Å²) in [7, 11) is 3.31. The van der Waals surface area contributed by atoms with Crippen molar-refractivity contribution in [2.24, 2.45) is 0 Å². The number of hydrogen-bond acceptors (Lipinski definition) is 3. The van der Waals surface area contributed by atoms with E-state index in [4.69, 9.17) is 33.3 Å². The van der Waals surface area contributed by atoms with Crippen molar-refractivity contribution in [2.75, 3.05) is 19.5 Å². The van der Waals surface area contributed by atoms with Gasteiger partial charge in [0.05, 0.1) is 14.2 Å². The first-order valence-electron chi connectivity index (χ1n) is 9.15. The molecule has 0 atom stereocenters. The number of benzene rings is 3. The summed E-state index contributed by atoms with van der Waals surface area (Å²) in [5.74, 6) is 1.63. The van der Waals surface area contributed by atoms with E-state index in [9.17, 15) is 0 Å². The highest BCUT2D eigenvalue weighted by Crippen LogP contribution is 2.19. The van der Waals surface area contributed by atoms with E-state index in [1.54, 1.807) is 14.2 Å². The van der Waals surface area contributed by atoms with E-state index in [1.165, 1.54) is 0 Å². The first-order valence-corrected chi connectivity index (χ1v) is 9.93. The fourth-order valence-electron chi connectivity index (χ4n) is 2.88. The van der Waals surface area contributed by atoms with Crippen molar-refractivity contribution in [2.45, 2.75) is 13.1 Å². The Bertz CT molecular complexity index is 946. The van der Waals surface area contributed by atoms with E-state index in [-0.39, 0.29) is 0 Å². The third-order valence-electron chi connectivity index (χ3n) is 4.42. The molecule has 0 radical (unpaired) electrons. The van der Waals surface area contributed by atoms with Crippen LogP contribution in [0, 0.1) is 0 Å². The van der Waals surface area contributed by atoms with Gasteiger partial charge < -0.3 is 19.7 Å². The molecule has 0 fully saturated rings. The van der Waals surface area contributed by atoms with Crippen molar-refractivity contribution in [3.8, 4) is 11.5 Å². The molecule has 0 aliphatic carbocycles. The molecular formula is C23H23ClN2O2S. The highest BCUT2D eigenvalue weighted by molar-refractivity contribution is 7.80. The van der Waals surface area contributed by atoms with Crippen LogP contribution in [-0.4, -0.2) is 24.2 Å². The van der Waals surface area contributed by atoms with E-state index in [1.807, 2.05) is 72.8 Å². The van der Waals surface area contributed by atoms with E-state index >= 15 is 0 Å². The Hall–Kier alpha value is -2.76. The minimum atomic E-state index is 0.631. The Morgan fingerprint density at radius 2 is 1.45 bits per heavy atom. The SMILES string of the molecule is COc1ccc(CN(Cc2cccc(Cl)c2)C(=S)Nc2ccc(OC)cc2)cc1. The highest BCUT2D eigenvalue weighted by atomic mass is 35.5. The number of ether oxygens (including phenoxy) is 2. The van der Waals surface area contributed by atoms with Crippen LogP contribution in [0.15, 0.2) is 72.8 Å². The van der Waals surface area contributed by atoms with Crippen LogP contribution in [0.5, 0.6) is 11.5 Å². The van der Waals surface area contributed by atoms with Crippen LogP contribution in [0.2, 0.25) is 5.02 Å². The number of nitrogens with zero attached hydrogens (tertiary/aromatic N) is 1. The fraction of sp³-hybridized carbons (Fsp3) is 0.174. The molecule has 0 spiro atoms. The van der Waals surface area contributed by atoms with Gasteiger partial charge in [-0.3, -0.25) is 0 Å². The van der Waals surface area contributed by atoms with Crippen molar-refractivity contribution in [1.29, 1.82) is 0 Å². The number of nitrogens with one attached hydrogen (secondary N) is 1. The fourth-order valence-corrected chi connectivity index (χ4v) is 3.34. The summed E-state index contributed by atoms with van der Waals surface area (Å²) in [6, 6.07) is 23.5. The van der Waals surface area contributed by atoms with Crippen LogP contribution in [0.25, 0.3) is 0 Å². The van der Waals surface area contributed by atoms with Gasteiger partial charge in [-0.25, -0.2) is 0 Å². The maximum absolute atomic E-state index is 6.17. The van der Waals surface area contributed by atoms with Crippen LogP contribution in [-0.2, 0) is 13.1 Å². The highest BCUT2D eigenvalue weighted by Gasteiger charge is 2.12. The average molecular weight is 427 g/mol. The minimum Gasteiger partial charge on any atom is -0.497 e. The molecule has 3 aromatic carbocycles. The summed E-state index contributed by atoms with van der Waals surface area (Å²) in [5, 5.41) is 4.65. The molecule has 3 rings (SSSR count). The van der Waals surface area contributed by atoms with Crippen molar-refractivity contribution < 1.29 is 9.47 Å². The lowest BCUT2D eigenvalue weighted by atomic mass is 10.1. The zero-order valence-corrected chi connectivity index (χ0v) is 18.0. The number of methoxy groups -OCH3 is 2. The summed E-state index contributed by atoms with van der Waals surface area (Å²) in [4.78, 5) is 2.10. The van der Waals surface area contributed by atoms with Gasteiger partial charge in [0.1, 0.15) is 11.5 Å². The Balaban J connectivity index is 1.78. The molecule has 1 N–H and O–H groups in total. The van der Waals surface area contributed by atoms with Gasteiger partial charge in [0, 0.05) is 23.8 Å². The number of thiocarbonyl (C=S) groups is 1.